The number of nitrogens with zero attached hydrogens (tertiary/aromatic N) is 1. The minimum absolute atomic E-state index is 0.941. The maximum atomic E-state index is 4.34. The van der Waals surface area contributed by atoms with Crippen molar-refractivity contribution < 1.29 is 0 Å². The van der Waals surface area contributed by atoms with Crippen LogP contribution in [0.5, 0.6) is 0 Å². The van der Waals surface area contributed by atoms with Crippen LogP contribution in [0.25, 0.3) is 6.08 Å². The molecule has 0 spiro atoms. The predicted molar refractivity (Wildman–Crippen MR) is 40.0 cm³/mol. The van der Waals surface area contributed by atoms with Gasteiger partial charge in [-0.2, -0.15) is 0 Å². The van der Waals surface area contributed by atoms with E-state index < -0.39 is 0 Å². The first-order valence-corrected chi connectivity index (χ1v) is 3.47. The lowest BCUT2D eigenvalue weighted by Crippen LogP contribution is -2.27. The molecule has 1 aromatic rings. The molecule has 0 aliphatic carbocycles. The smallest absolute Gasteiger partial charge is 0.0643 e. The van der Waals surface area contributed by atoms with E-state index in [0.717, 1.165) is 18.3 Å². The van der Waals surface area contributed by atoms with Crippen LogP contribution in [0.2, 0.25) is 0 Å². The Bertz CT molecular complexity index is 303. The fourth-order valence-corrected chi connectivity index (χ4v) is 1.15. The van der Waals surface area contributed by atoms with Crippen molar-refractivity contribution in [1.82, 2.24) is 0 Å². The summed E-state index contributed by atoms with van der Waals surface area (Å²) in [6.07, 6.45) is 3.28. The van der Waals surface area contributed by atoms with E-state index >= 15 is 0 Å². The van der Waals surface area contributed by atoms with E-state index in [1.165, 1.54) is 5.22 Å². The van der Waals surface area contributed by atoms with Crippen LogP contribution in [-0.2, 0) is 0 Å². The van der Waals surface area contributed by atoms with Crippen LogP contribution in [0.15, 0.2) is 23.2 Å². The first kappa shape index (κ1) is 5.66. The Balaban J connectivity index is 2.84. The highest BCUT2D eigenvalue weighted by Crippen LogP contribution is 1.85. The fraction of sp³-hybridized carbons (Fsp3) is 0.222. The molecule has 0 saturated heterocycles. The van der Waals surface area contributed by atoms with Crippen LogP contribution in [0.3, 0.4) is 0 Å². The Kier molecular flexibility index (Phi) is 1.28. The third-order valence-electron chi connectivity index (χ3n) is 1.65. The molecule has 1 aliphatic heterocycles. The molecule has 0 N–H and O–H groups in total. The van der Waals surface area contributed by atoms with Crippen LogP contribution in [0, 0.1) is 6.07 Å². The van der Waals surface area contributed by atoms with E-state index in [1.807, 2.05) is 18.2 Å². The monoisotopic (exact) mass is 130 g/mol. The quantitative estimate of drug-likeness (QED) is 0.478. The van der Waals surface area contributed by atoms with Crippen molar-refractivity contribution in [2.75, 3.05) is 6.54 Å². The van der Waals surface area contributed by atoms with E-state index in [0.29, 0.717) is 0 Å². The lowest BCUT2D eigenvalue weighted by Gasteiger charge is -1.96. The lowest BCUT2D eigenvalue weighted by atomic mass is 10.2. The predicted octanol–water partition coefficient (Wildman–Crippen LogP) is 0.291. The van der Waals surface area contributed by atoms with E-state index in [2.05, 4.69) is 17.1 Å². The van der Waals surface area contributed by atoms with Gasteiger partial charge in [0.25, 0.3) is 0 Å². The summed E-state index contributed by atoms with van der Waals surface area (Å²) in [7, 11) is 0. The van der Waals surface area contributed by atoms with Crippen molar-refractivity contribution in [2.24, 2.45) is 4.99 Å². The molecule has 0 saturated carbocycles. The lowest BCUT2D eigenvalue weighted by molar-refractivity contribution is 0.960. The Hall–Kier alpha value is -1.11. The third kappa shape index (κ3) is 0.838. The minimum atomic E-state index is 0.941. The number of hydrogen-bond donors (Lipinski definition) is 0. The van der Waals surface area contributed by atoms with Crippen LogP contribution in [0.4, 0.5) is 0 Å². The first-order chi connectivity index (χ1) is 4.97. The second-order valence-corrected chi connectivity index (χ2v) is 2.36. The van der Waals surface area contributed by atoms with Gasteiger partial charge in [0.1, 0.15) is 0 Å². The number of hydrogen-bond acceptors (Lipinski definition) is 1. The molecule has 0 atom stereocenters. The molecule has 1 heteroatoms. The molecule has 1 aromatic carbocycles. The second-order valence-electron chi connectivity index (χ2n) is 2.36. The van der Waals surface area contributed by atoms with Crippen molar-refractivity contribution in [2.45, 2.75) is 6.42 Å². The topological polar surface area (TPSA) is 12.4 Å². The molecule has 1 aliphatic rings. The van der Waals surface area contributed by atoms with Gasteiger partial charge in [-0.1, -0.05) is 12.1 Å². The molecule has 0 aromatic heterocycles. The summed E-state index contributed by atoms with van der Waals surface area (Å²) in [5.74, 6) is 0. The van der Waals surface area contributed by atoms with Crippen LogP contribution in [0.1, 0.15) is 6.42 Å². The molecule has 49 valence electrons. The van der Waals surface area contributed by atoms with Crippen molar-refractivity contribution in [3.8, 4) is 0 Å². The molecule has 1 radical (unpaired) electrons. The number of fused-ring (bicyclic) bond motifs is 1. The largest absolute Gasteiger partial charge is 0.284 e. The third-order valence-corrected chi connectivity index (χ3v) is 1.65. The van der Waals surface area contributed by atoms with Crippen LogP contribution in [-0.4, -0.2) is 6.54 Å². The highest BCUT2D eigenvalue weighted by molar-refractivity contribution is 5.24. The van der Waals surface area contributed by atoms with Gasteiger partial charge in [0.15, 0.2) is 0 Å². The maximum absolute atomic E-state index is 4.34. The zero-order chi connectivity index (χ0) is 6.81. The summed E-state index contributed by atoms with van der Waals surface area (Å²) in [4.78, 5) is 4.34. The molecule has 10 heavy (non-hydrogen) atoms. The second kappa shape index (κ2) is 2.25. The van der Waals surface area contributed by atoms with Crippen molar-refractivity contribution in [3.63, 3.8) is 0 Å². The Morgan fingerprint density at radius 1 is 1.50 bits per heavy atom. The average Bonchev–Trinajstić information content (AvgIpc) is 2.05. The molecule has 2 rings (SSSR count). The van der Waals surface area contributed by atoms with Gasteiger partial charge in [-0.15, -0.1) is 0 Å². The highest BCUT2D eigenvalue weighted by Gasteiger charge is 1.90. The normalized spacial score (nSPS) is 14.8. The van der Waals surface area contributed by atoms with Crippen molar-refractivity contribution >= 4 is 6.08 Å². The molecular weight excluding hydrogens is 122 g/mol. The zero-order valence-corrected chi connectivity index (χ0v) is 5.67. The van der Waals surface area contributed by atoms with Gasteiger partial charge in [0, 0.05) is 6.54 Å². The minimum Gasteiger partial charge on any atom is -0.284 e. The fourth-order valence-electron chi connectivity index (χ4n) is 1.15. The molecule has 0 fully saturated rings. The molecule has 1 heterocycles. The summed E-state index contributed by atoms with van der Waals surface area (Å²) < 4.78 is 0. The summed E-state index contributed by atoms with van der Waals surface area (Å²) in [5, 5.41) is 2.35. The average molecular weight is 130 g/mol. The summed E-state index contributed by atoms with van der Waals surface area (Å²) >= 11 is 0. The van der Waals surface area contributed by atoms with Gasteiger partial charge in [-0.25, -0.2) is 0 Å². The summed E-state index contributed by atoms with van der Waals surface area (Å²) in [6.45, 7) is 0.941. The van der Waals surface area contributed by atoms with E-state index in [4.69, 9.17) is 0 Å². The van der Waals surface area contributed by atoms with E-state index in [-0.39, 0.29) is 0 Å². The molecule has 0 unspecified atom stereocenters. The van der Waals surface area contributed by atoms with Gasteiger partial charge < -0.3 is 0 Å². The van der Waals surface area contributed by atoms with E-state index in [9.17, 15) is 0 Å². The summed E-state index contributed by atoms with van der Waals surface area (Å²) in [6, 6.07) is 8.92. The standard InChI is InChI=1S/C9H8N/c1-2-6-9-8(4-1)5-3-7-10-9/h2,4-6H,3,7H2. The SMILES string of the molecule is [c]1ccc2c(c1)=CCCN=2. The molecule has 0 bridgehead atoms. The molecule has 0 amide bonds. The Morgan fingerprint density at radius 2 is 2.50 bits per heavy atom. The van der Waals surface area contributed by atoms with E-state index in [1.54, 1.807) is 0 Å². The molecule has 1 nitrogen and oxygen atoms in total. The first-order valence-electron chi connectivity index (χ1n) is 3.47. The van der Waals surface area contributed by atoms with Crippen LogP contribution < -0.4 is 10.6 Å². The van der Waals surface area contributed by atoms with Gasteiger partial charge >= 0.3 is 0 Å². The number of benzene rings is 1. The van der Waals surface area contributed by atoms with Gasteiger partial charge in [-0.3, -0.25) is 4.99 Å². The van der Waals surface area contributed by atoms with Crippen molar-refractivity contribution in [1.29, 1.82) is 0 Å². The van der Waals surface area contributed by atoms with Gasteiger partial charge in [0.2, 0.25) is 0 Å². The molecular formula is C9H8N. The van der Waals surface area contributed by atoms with Gasteiger partial charge in [0.05, 0.1) is 5.36 Å². The van der Waals surface area contributed by atoms with Crippen LogP contribution >= 0.6 is 0 Å². The maximum Gasteiger partial charge on any atom is 0.0643 e. The number of rotatable bonds is 0. The Labute approximate surface area is 59.7 Å². The van der Waals surface area contributed by atoms with Crippen molar-refractivity contribution in [3.05, 3.63) is 34.8 Å². The zero-order valence-electron chi connectivity index (χ0n) is 5.67. The Morgan fingerprint density at radius 3 is 3.40 bits per heavy atom. The summed E-state index contributed by atoms with van der Waals surface area (Å²) in [5.41, 5.74) is 0. The highest BCUT2D eigenvalue weighted by atomic mass is 14.7. The van der Waals surface area contributed by atoms with Gasteiger partial charge in [-0.05, 0) is 29.8 Å².